The summed E-state index contributed by atoms with van der Waals surface area (Å²) in [4.78, 5) is 12.5. The van der Waals surface area contributed by atoms with E-state index in [1.54, 1.807) is 0 Å². The standard InChI is InChI=1S/C14H9F4N3O3S/c15-10-3-1-8(2-4-10)12(14(16,17)18)21-25(23,24)11-5-9(6-19)13(22)20-7-11/h1-5,7,12,21H,(H,20,22). The van der Waals surface area contributed by atoms with Crippen molar-refractivity contribution in [3.05, 3.63) is 63.8 Å². The topological polar surface area (TPSA) is 103 Å². The van der Waals surface area contributed by atoms with Crippen LogP contribution >= 0.6 is 0 Å². The van der Waals surface area contributed by atoms with Crippen molar-refractivity contribution < 1.29 is 26.0 Å². The van der Waals surface area contributed by atoms with Crippen molar-refractivity contribution in [2.45, 2.75) is 17.1 Å². The van der Waals surface area contributed by atoms with Gasteiger partial charge in [-0.05, 0) is 23.8 Å². The largest absolute Gasteiger partial charge is 0.408 e. The number of nitriles is 1. The fourth-order valence-corrected chi connectivity index (χ4v) is 3.11. The van der Waals surface area contributed by atoms with Gasteiger partial charge in [0.05, 0.1) is 4.90 Å². The van der Waals surface area contributed by atoms with E-state index in [1.165, 1.54) is 10.8 Å². The Labute approximate surface area is 138 Å². The molecule has 0 saturated heterocycles. The molecule has 0 radical (unpaired) electrons. The van der Waals surface area contributed by atoms with E-state index in [1.807, 2.05) is 4.98 Å². The maximum Gasteiger partial charge on any atom is 0.408 e. The molecule has 11 heteroatoms. The summed E-state index contributed by atoms with van der Waals surface area (Å²) < 4.78 is 78.4. The van der Waals surface area contributed by atoms with Crippen molar-refractivity contribution in [1.29, 1.82) is 5.26 Å². The lowest BCUT2D eigenvalue weighted by Gasteiger charge is -2.22. The lowest BCUT2D eigenvalue weighted by atomic mass is 10.1. The lowest BCUT2D eigenvalue weighted by molar-refractivity contribution is -0.153. The Balaban J connectivity index is 2.46. The Kier molecular flexibility index (Phi) is 4.96. The summed E-state index contributed by atoms with van der Waals surface area (Å²) in [7, 11) is -4.74. The first-order chi connectivity index (χ1) is 11.5. The highest BCUT2D eigenvalue weighted by atomic mass is 32.2. The van der Waals surface area contributed by atoms with Crippen LogP contribution in [0.3, 0.4) is 0 Å². The van der Waals surface area contributed by atoms with E-state index in [9.17, 15) is 30.8 Å². The molecular weight excluding hydrogens is 366 g/mol. The molecule has 25 heavy (non-hydrogen) atoms. The molecule has 0 fully saturated rings. The molecule has 0 aliphatic heterocycles. The molecule has 1 unspecified atom stereocenters. The van der Waals surface area contributed by atoms with Gasteiger partial charge in [0.1, 0.15) is 23.5 Å². The number of hydrogen-bond donors (Lipinski definition) is 2. The van der Waals surface area contributed by atoms with E-state index < -0.39 is 49.6 Å². The number of halogens is 4. The third kappa shape index (κ3) is 4.23. The SMILES string of the molecule is N#Cc1cc(S(=O)(=O)NC(c2ccc(F)cc2)C(F)(F)F)c[nH]c1=O. The first-order valence-corrected chi connectivity index (χ1v) is 8.00. The Morgan fingerprint density at radius 2 is 1.80 bits per heavy atom. The van der Waals surface area contributed by atoms with Gasteiger partial charge in [0.25, 0.3) is 5.56 Å². The summed E-state index contributed by atoms with van der Waals surface area (Å²) >= 11 is 0. The highest BCUT2D eigenvalue weighted by Gasteiger charge is 2.43. The Hall–Kier alpha value is -2.71. The van der Waals surface area contributed by atoms with Crippen LogP contribution in [0.5, 0.6) is 0 Å². The van der Waals surface area contributed by atoms with Crippen LogP contribution < -0.4 is 10.3 Å². The van der Waals surface area contributed by atoms with Crippen LogP contribution in [-0.4, -0.2) is 19.6 Å². The normalized spacial score (nSPS) is 13.2. The van der Waals surface area contributed by atoms with Gasteiger partial charge < -0.3 is 4.98 Å². The minimum Gasteiger partial charge on any atom is -0.327 e. The first kappa shape index (κ1) is 18.6. The molecule has 1 aromatic heterocycles. The van der Waals surface area contributed by atoms with Crippen molar-refractivity contribution in [3.63, 3.8) is 0 Å². The maximum atomic E-state index is 13.2. The highest BCUT2D eigenvalue weighted by molar-refractivity contribution is 7.89. The summed E-state index contributed by atoms with van der Waals surface area (Å²) in [5, 5.41) is 8.72. The molecule has 1 atom stereocenters. The van der Waals surface area contributed by atoms with Crippen LogP contribution in [0, 0.1) is 17.1 Å². The number of H-pyrrole nitrogens is 1. The molecule has 0 aliphatic rings. The van der Waals surface area contributed by atoms with Gasteiger partial charge in [-0.15, -0.1) is 0 Å². The number of sulfonamides is 1. The second-order valence-corrected chi connectivity index (χ2v) is 6.55. The van der Waals surface area contributed by atoms with Gasteiger partial charge >= 0.3 is 6.18 Å². The molecule has 2 aromatic rings. The summed E-state index contributed by atoms with van der Waals surface area (Å²) in [5.74, 6) is -0.785. The number of nitrogens with zero attached hydrogens (tertiary/aromatic N) is 1. The van der Waals surface area contributed by atoms with Crippen LogP contribution in [-0.2, 0) is 10.0 Å². The van der Waals surface area contributed by atoms with Crippen LogP contribution in [0.15, 0.2) is 46.2 Å². The third-order valence-electron chi connectivity index (χ3n) is 3.11. The van der Waals surface area contributed by atoms with Gasteiger partial charge in [-0.2, -0.15) is 23.2 Å². The van der Waals surface area contributed by atoms with Gasteiger partial charge in [-0.1, -0.05) is 12.1 Å². The van der Waals surface area contributed by atoms with Crippen molar-refractivity contribution >= 4 is 10.0 Å². The van der Waals surface area contributed by atoms with Crippen molar-refractivity contribution in [2.24, 2.45) is 0 Å². The zero-order chi connectivity index (χ0) is 18.8. The minimum atomic E-state index is -5.01. The van der Waals surface area contributed by atoms with E-state index in [0.29, 0.717) is 12.3 Å². The highest BCUT2D eigenvalue weighted by Crippen LogP contribution is 2.34. The van der Waals surface area contributed by atoms with E-state index in [-0.39, 0.29) is 0 Å². The number of aromatic nitrogens is 1. The number of alkyl halides is 3. The van der Waals surface area contributed by atoms with Crippen LogP contribution in [0.2, 0.25) is 0 Å². The molecule has 0 aliphatic carbocycles. The molecule has 1 aromatic carbocycles. The summed E-state index contributed by atoms with van der Waals surface area (Å²) in [5.41, 5.74) is -1.98. The minimum absolute atomic E-state index is 0.526. The molecule has 132 valence electrons. The quantitative estimate of drug-likeness (QED) is 0.798. The number of aromatic amines is 1. The molecule has 2 rings (SSSR count). The second-order valence-electron chi connectivity index (χ2n) is 4.84. The predicted molar refractivity (Wildman–Crippen MR) is 77.3 cm³/mol. The van der Waals surface area contributed by atoms with Crippen molar-refractivity contribution in [2.75, 3.05) is 0 Å². The van der Waals surface area contributed by atoms with Gasteiger partial charge in [0, 0.05) is 6.20 Å². The summed E-state index contributed by atoms with van der Waals surface area (Å²) in [6, 6.07) is 2.55. The average molecular weight is 375 g/mol. The van der Waals surface area contributed by atoms with E-state index >= 15 is 0 Å². The molecule has 0 amide bonds. The summed E-state index contributed by atoms with van der Waals surface area (Å²) in [6.07, 6.45) is -4.34. The van der Waals surface area contributed by atoms with Crippen LogP contribution in [0.4, 0.5) is 17.6 Å². The fourth-order valence-electron chi connectivity index (χ4n) is 1.90. The molecule has 0 saturated carbocycles. The average Bonchev–Trinajstić information content (AvgIpc) is 2.53. The number of benzene rings is 1. The monoisotopic (exact) mass is 375 g/mol. The van der Waals surface area contributed by atoms with E-state index in [0.717, 1.165) is 24.3 Å². The zero-order valence-corrected chi connectivity index (χ0v) is 13.0. The fraction of sp³-hybridized carbons (Fsp3) is 0.143. The first-order valence-electron chi connectivity index (χ1n) is 6.52. The molecule has 0 bridgehead atoms. The molecule has 0 spiro atoms. The maximum absolute atomic E-state index is 13.2. The van der Waals surface area contributed by atoms with Gasteiger partial charge in [0.15, 0.2) is 0 Å². The number of nitrogens with one attached hydrogen (secondary N) is 2. The van der Waals surface area contributed by atoms with Gasteiger partial charge in [0.2, 0.25) is 10.0 Å². The second kappa shape index (κ2) is 6.66. The molecular formula is C14H9F4N3O3S. The molecule has 6 nitrogen and oxygen atoms in total. The van der Waals surface area contributed by atoms with Crippen molar-refractivity contribution in [1.82, 2.24) is 9.71 Å². The third-order valence-corrected chi connectivity index (χ3v) is 4.51. The Morgan fingerprint density at radius 1 is 1.20 bits per heavy atom. The Bertz CT molecular complexity index is 976. The smallest absolute Gasteiger partial charge is 0.327 e. The zero-order valence-electron chi connectivity index (χ0n) is 12.1. The number of pyridine rings is 1. The van der Waals surface area contributed by atoms with E-state index in [2.05, 4.69) is 0 Å². The molecule has 1 heterocycles. The molecule has 2 N–H and O–H groups in total. The summed E-state index contributed by atoms with van der Waals surface area (Å²) in [6.45, 7) is 0. The van der Waals surface area contributed by atoms with Crippen LogP contribution in [0.25, 0.3) is 0 Å². The van der Waals surface area contributed by atoms with Crippen molar-refractivity contribution in [3.8, 4) is 6.07 Å². The van der Waals surface area contributed by atoms with Crippen LogP contribution in [0.1, 0.15) is 17.2 Å². The van der Waals surface area contributed by atoms with Gasteiger partial charge in [-0.25, -0.2) is 12.8 Å². The number of hydrogen-bond acceptors (Lipinski definition) is 4. The van der Waals surface area contributed by atoms with E-state index in [4.69, 9.17) is 5.26 Å². The lowest BCUT2D eigenvalue weighted by Crippen LogP contribution is -2.38. The number of rotatable bonds is 4. The van der Waals surface area contributed by atoms with Gasteiger partial charge in [-0.3, -0.25) is 4.79 Å². The predicted octanol–water partition coefficient (Wildman–Crippen LogP) is 1.97. The Morgan fingerprint density at radius 3 is 2.32 bits per heavy atom.